The summed E-state index contributed by atoms with van der Waals surface area (Å²) in [5, 5.41) is 32.8. The summed E-state index contributed by atoms with van der Waals surface area (Å²) < 4.78 is 0.439. The summed E-state index contributed by atoms with van der Waals surface area (Å²) in [5.41, 5.74) is 8.25. The topological polar surface area (TPSA) is 181 Å². The van der Waals surface area contributed by atoms with Gasteiger partial charge >= 0.3 is 0 Å². The molecular formula is C27H23ClN8O4S2. The minimum Gasteiger partial charge on any atom is -0.384 e. The molecule has 12 nitrogen and oxygen atoms in total. The Labute approximate surface area is 253 Å². The van der Waals surface area contributed by atoms with E-state index in [1.54, 1.807) is 23.4 Å². The molecule has 214 valence electrons. The maximum absolute atomic E-state index is 13.6. The molecule has 0 bridgehead atoms. The Balaban J connectivity index is 1.42. The smallest absolute Gasteiger partial charge is 0.271 e. The first-order valence-electron chi connectivity index (χ1n) is 12.5. The third-order valence-electron chi connectivity index (χ3n) is 6.75. The average molecular weight is 623 g/mol. The summed E-state index contributed by atoms with van der Waals surface area (Å²) in [6, 6.07) is 9.54. The monoisotopic (exact) mass is 622 g/mol. The number of Topliss-reactive ketones (excluding diaryl/α,β-unsaturated/α-hetero) is 1. The van der Waals surface area contributed by atoms with E-state index in [2.05, 4.69) is 26.6 Å². The summed E-state index contributed by atoms with van der Waals surface area (Å²) in [7, 11) is 0. The van der Waals surface area contributed by atoms with Gasteiger partial charge in [-0.1, -0.05) is 54.6 Å². The van der Waals surface area contributed by atoms with Gasteiger partial charge < -0.3 is 11.1 Å². The van der Waals surface area contributed by atoms with Gasteiger partial charge in [-0.15, -0.1) is 10.2 Å². The van der Waals surface area contributed by atoms with E-state index in [0.29, 0.717) is 39.1 Å². The Morgan fingerprint density at radius 3 is 2.83 bits per heavy atom. The lowest BCUT2D eigenvalue weighted by Crippen LogP contribution is -2.42. The van der Waals surface area contributed by atoms with Crippen LogP contribution in [-0.4, -0.2) is 37.5 Å². The van der Waals surface area contributed by atoms with Gasteiger partial charge in [-0.05, 0) is 29.5 Å². The van der Waals surface area contributed by atoms with E-state index in [1.165, 1.54) is 18.2 Å². The van der Waals surface area contributed by atoms with Gasteiger partial charge in [-0.3, -0.25) is 29.6 Å². The number of carbonyl (C=O) groups excluding carboxylic acids is 2. The molecule has 3 heterocycles. The Kier molecular flexibility index (Phi) is 8.00. The highest BCUT2D eigenvalue weighted by atomic mass is 35.5. The van der Waals surface area contributed by atoms with Crippen molar-refractivity contribution in [2.24, 2.45) is 11.1 Å². The number of non-ortho nitro benzene ring substituents is 1. The highest BCUT2D eigenvalue weighted by Gasteiger charge is 2.45. The lowest BCUT2D eigenvalue weighted by molar-refractivity contribution is -0.384. The number of hydrogen-bond acceptors (Lipinski definition) is 12. The fourth-order valence-electron chi connectivity index (χ4n) is 4.99. The predicted octanol–water partition coefficient (Wildman–Crippen LogP) is 5.17. The summed E-state index contributed by atoms with van der Waals surface area (Å²) >= 11 is 8.34. The number of amides is 1. The number of anilines is 2. The van der Waals surface area contributed by atoms with Gasteiger partial charge in [0.15, 0.2) is 10.1 Å². The van der Waals surface area contributed by atoms with Crippen LogP contribution in [0.1, 0.15) is 38.2 Å². The molecule has 15 heteroatoms. The first kappa shape index (κ1) is 29.2. The van der Waals surface area contributed by atoms with Gasteiger partial charge in [0.25, 0.3) is 5.69 Å². The van der Waals surface area contributed by atoms with E-state index in [0.717, 1.165) is 23.1 Å². The maximum atomic E-state index is 13.6. The normalized spacial score (nSPS) is 18.0. The van der Waals surface area contributed by atoms with Crippen molar-refractivity contribution in [1.82, 2.24) is 15.2 Å². The first-order chi connectivity index (χ1) is 20.0. The molecule has 5 rings (SSSR count). The maximum Gasteiger partial charge on any atom is 0.271 e. The molecule has 0 fully saturated rings. The van der Waals surface area contributed by atoms with Crippen molar-refractivity contribution < 1.29 is 14.5 Å². The largest absolute Gasteiger partial charge is 0.384 e. The van der Waals surface area contributed by atoms with Crippen LogP contribution in [0, 0.1) is 26.9 Å². The molecule has 42 heavy (non-hydrogen) atoms. The van der Waals surface area contributed by atoms with Gasteiger partial charge in [0, 0.05) is 42.2 Å². The average Bonchev–Trinajstić information content (AvgIpc) is 3.40. The van der Waals surface area contributed by atoms with Crippen molar-refractivity contribution in [3.63, 3.8) is 0 Å². The summed E-state index contributed by atoms with van der Waals surface area (Å²) in [4.78, 5) is 42.5. The van der Waals surface area contributed by atoms with Gasteiger partial charge in [0.2, 0.25) is 11.0 Å². The van der Waals surface area contributed by atoms with E-state index in [4.69, 9.17) is 17.3 Å². The Morgan fingerprint density at radius 1 is 1.36 bits per heavy atom. The molecular weight excluding hydrogens is 600 g/mol. The van der Waals surface area contributed by atoms with Crippen LogP contribution < -0.4 is 16.0 Å². The van der Waals surface area contributed by atoms with E-state index < -0.39 is 16.7 Å². The number of ketones is 1. The number of allylic oxidation sites excluding steroid dienone is 3. The number of nitro benzene ring substituents is 1. The zero-order valence-corrected chi connectivity index (χ0v) is 24.7. The molecule has 2 aromatic heterocycles. The number of nitro groups is 1. The van der Waals surface area contributed by atoms with Crippen molar-refractivity contribution in [2.75, 3.05) is 16.0 Å². The third kappa shape index (κ3) is 5.71. The number of halogens is 1. The number of nitriles is 1. The molecule has 0 saturated heterocycles. The van der Waals surface area contributed by atoms with Crippen molar-refractivity contribution in [2.45, 2.75) is 36.9 Å². The van der Waals surface area contributed by atoms with Crippen LogP contribution in [0.4, 0.5) is 16.5 Å². The molecule has 3 N–H and O–H groups in total. The van der Waals surface area contributed by atoms with Gasteiger partial charge in [0.1, 0.15) is 5.82 Å². The number of rotatable bonds is 7. The first-order valence-corrected chi connectivity index (χ1v) is 14.7. The molecule has 1 aliphatic carbocycles. The molecule has 0 radical (unpaired) electrons. The summed E-state index contributed by atoms with van der Waals surface area (Å²) in [6.45, 7) is 4.00. The lowest BCUT2D eigenvalue weighted by atomic mass is 9.69. The standard InChI is InChI=1S/C27H23ClN8O4S2/c1-27(2)9-19-23(20(37)10-27)22(14-4-3-7-31-12-14)16(11-29)24(30)35(19)25-33-34-26(42-25)41-13-21(38)32-18-8-15(36(39)40)5-6-17(18)28/h3-8,12,22H,9-10,13,30H2,1-2H3,(H,32,38). The quantitative estimate of drug-likeness (QED) is 0.201. The minimum atomic E-state index is -0.648. The molecule has 0 saturated carbocycles. The van der Waals surface area contributed by atoms with Gasteiger partial charge in [-0.25, -0.2) is 0 Å². The van der Waals surface area contributed by atoms with Crippen molar-refractivity contribution >= 4 is 62.9 Å². The van der Waals surface area contributed by atoms with Crippen LogP contribution in [0.5, 0.6) is 0 Å². The Morgan fingerprint density at radius 2 is 2.14 bits per heavy atom. The second-order valence-corrected chi connectivity index (χ2v) is 13.0. The number of nitrogens with one attached hydrogen (secondary N) is 1. The summed E-state index contributed by atoms with van der Waals surface area (Å²) in [5.74, 6) is -1.10. The zero-order chi connectivity index (χ0) is 30.2. The fourth-order valence-corrected chi connectivity index (χ4v) is 6.84. The number of carbonyl (C=O) groups is 2. The van der Waals surface area contributed by atoms with Gasteiger partial charge in [0.05, 0.1) is 38.9 Å². The van der Waals surface area contributed by atoms with Crippen LogP contribution in [0.3, 0.4) is 0 Å². The SMILES string of the molecule is CC1(C)CC(=O)C2=C(C1)N(c1nnc(SCC(=O)Nc3cc([N+](=O)[O-])ccc3Cl)s1)C(N)=C(C#N)C2c1cccnc1. The van der Waals surface area contributed by atoms with E-state index in [1.807, 2.05) is 19.9 Å². The van der Waals surface area contributed by atoms with Crippen LogP contribution in [-0.2, 0) is 9.59 Å². The van der Waals surface area contributed by atoms with Gasteiger partial charge in [-0.2, -0.15) is 5.26 Å². The number of aromatic nitrogens is 3. The lowest BCUT2D eigenvalue weighted by Gasteiger charge is -2.42. The number of nitrogens with zero attached hydrogens (tertiary/aromatic N) is 6. The minimum absolute atomic E-state index is 0.0732. The van der Waals surface area contributed by atoms with E-state index >= 15 is 0 Å². The van der Waals surface area contributed by atoms with Crippen LogP contribution in [0.2, 0.25) is 5.02 Å². The molecule has 1 unspecified atom stereocenters. The highest BCUT2D eigenvalue weighted by Crippen LogP contribution is 2.50. The van der Waals surface area contributed by atoms with Crippen LogP contribution in [0.15, 0.2) is 69.7 Å². The predicted molar refractivity (Wildman–Crippen MR) is 159 cm³/mol. The summed E-state index contributed by atoms with van der Waals surface area (Å²) in [6.07, 6.45) is 4.08. The van der Waals surface area contributed by atoms with Crippen LogP contribution >= 0.6 is 34.7 Å². The Bertz CT molecular complexity index is 1710. The molecule has 3 aromatic rings. The molecule has 1 atom stereocenters. The number of hydrogen-bond donors (Lipinski definition) is 2. The van der Waals surface area contributed by atoms with E-state index in [9.17, 15) is 25.0 Å². The third-order valence-corrected chi connectivity index (χ3v) is 9.12. The molecule has 0 spiro atoms. The number of thioether (sulfide) groups is 1. The van der Waals surface area contributed by atoms with Crippen molar-refractivity contribution in [3.05, 3.63) is 86.1 Å². The van der Waals surface area contributed by atoms with Crippen molar-refractivity contribution in [1.29, 1.82) is 5.26 Å². The molecule has 2 aliphatic rings. The number of pyridine rings is 1. The molecule has 1 amide bonds. The molecule has 1 aromatic carbocycles. The number of nitrogens with two attached hydrogens (primary N) is 1. The Hall–Kier alpha value is -4.32. The zero-order valence-electron chi connectivity index (χ0n) is 22.3. The molecule has 1 aliphatic heterocycles. The van der Waals surface area contributed by atoms with E-state index in [-0.39, 0.29) is 44.7 Å². The second-order valence-electron chi connectivity index (χ2n) is 10.4. The number of benzene rings is 1. The van der Waals surface area contributed by atoms with Crippen molar-refractivity contribution in [3.8, 4) is 6.07 Å². The second kappa shape index (κ2) is 11.5. The fraction of sp³-hybridized carbons (Fsp3) is 0.259. The highest BCUT2D eigenvalue weighted by molar-refractivity contribution is 8.01. The van der Waals surface area contributed by atoms with Crippen LogP contribution in [0.25, 0.3) is 0 Å².